The Morgan fingerprint density at radius 1 is 1.58 bits per heavy atom. The van der Waals surface area contributed by atoms with Crippen LogP contribution >= 0.6 is 0 Å². The van der Waals surface area contributed by atoms with E-state index in [2.05, 4.69) is 27.4 Å². The molecule has 0 amide bonds. The van der Waals surface area contributed by atoms with E-state index >= 15 is 0 Å². The molecule has 0 N–H and O–H groups in total. The fraction of sp³-hybridized carbons (Fsp3) is 0.833. The Hall–Kier alpha value is -0.260. The SMILES string of the molecule is C=C(CC)C(C)CCC1CC1C. The minimum absolute atomic E-state index is 0.753. The van der Waals surface area contributed by atoms with Crippen molar-refractivity contribution < 1.29 is 0 Å². The second kappa shape index (κ2) is 4.11. The molecule has 12 heavy (non-hydrogen) atoms. The maximum atomic E-state index is 4.09. The van der Waals surface area contributed by atoms with Crippen LogP contribution in [-0.2, 0) is 0 Å². The molecular weight excluding hydrogens is 144 g/mol. The van der Waals surface area contributed by atoms with Gasteiger partial charge in [0.1, 0.15) is 0 Å². The van der Waals surface area contributed by atoms with E-state index in [0.29, 0.717) is 0 Å². The zero-order valence-electron chi connectivity index (χ0n) is 8.77. The smallest absolute Gasteiger partial charge is 0.0234 e. The van der Waals surface area contributed by atoms with Gasteiger partial charge in [-0.3, -0.25) is 0 Å². The molecule has 1 fully saturated rings. The van der Waals surface area contributed by atoms with Crippen LogP contribution in [0.2, 0.25) is 0 Å². The lowest BCUT2D eigenvalue weighted by Crippen LogP contribution is -1.98. The Labute approximate surface area is 77.1 Å². The first-order valence-electron chi connectivity index (χ1n) is 5.32. The fourth-order valence-corrected chi connectivity index (χ4v) is 1.82. The van der Waals surface area contributed by atoms with E-state index in [1.807, 2.05) is 0 Å². The molecule has 0 aliphatic heterocycles. The Bertz CT molecular complexity index is 157. The summed E-state index contributed by atoms with van der Waals surface area (Å²) in [5, 5.41) is 0. The van der Waals surface area contributed by atoms with E-state index in [1.165, 1.54) is 24.8 Å². The standard InChI is InChI=1S/C12H22/c1-5-9(2)10(3)6-7-12-8-11(12)4/h10-12H,2,5-8H2,1,3-4H3. The largest absolute Gasteiger partial charge is 0.0996 e. The van der Waals surface area contributed by atoms with Crippen molar-refractivity contribution in [1.82, 2.24) is 0 Å². The van der Waals surface area contributed by atoms with Gasteiger partial charge in [-0.25, -0.2) is 0 Å². The first-order valence-corrected chi connectivity index (χ1v) is 5.32. The van der Waals surface area contributed by atoms with E-state index in [1.54, 1.807) is 0 Å². The molecule has 70 valence electrons. The second-order valence-corrected chi connectivity index (χ2v) is 4.46. The lowest BCUT2D eigenvalue weighted by Gasteiger charge is -2.12. The molecular formula is C12H22. The molecule has 0 spiro atoms. The molecule has 1 aliphatic carbocycles. The van der Waals surface area contributed by atoms with Crippen molar-refractivity contribution in [3.05, 3.63) is 12.2 Å². The zero-order chi connectivity index (χ0) is 9.14. The van der Waals surface area contributed by atoms with Crippen molar-refractivity contribution in [2.75, 3.05) is 0 Å². The van der Waals surface area contributed by atoms with Crippen LogP contribution in [0.1, 0.15) is 46.5 Å². The van der Waals surface area contributed by atoms with Gasteiger partial charge in [0.05, 0.1) is 0 Å². The topological polar surface area (TPSA) is 0 Å². The van der Waals surface area contributed by atoms with Crippen LogP contribution in [0, 0.1) is 17.8 Å². The van der Waals surface area contributed by atoms with Gasteiger partial charge in [-0.05, 0) is 43.4 Å². The minimum atomic E-state index is 0.753. The van der Waals surface area contributed by atoms with Crippen LogP contribution in [0.25, 0.3) is 0 Å². The summed E-state index contributed by atoms with van der Waals surface area (Å²) < 4.78 is 0. The lowest BCUT2D eigenvalue weighted by molar-refractivity contribution is 0.525. The van der Waals surface area contributed by atoms with Crippen molar-refractivity contribution >= 4 is 0 Å². The average Bonchev–Trinajstić information content (AvgIpc) is 2.76. The molecule has 0 saturated heterocycles. The Kier molecular flexibility index (Phi) is 3.37. The van der Waals surface area contributed by atoms with Gasteiger partial charge in [0.25, 0.3) is 0 Å². The van der Waals surface area contributed by atoms with Gasteiger partial charge in [0, 0.05) is 0 Å². The molecule has 0 aromatic rings. The highest BCUT2D eigenvalue weighted by molar-refractivity contribution is 4.98. The normalized spacial score (nSPS) is 29.9. The highest BCUT2D eigenvalue weighted by atomic mass is 14.4. The molecule has 1 saturated carbocycles. The molecule has 0 aromatic carbocycles. The quantitative estimate of drug-likeness (QED) is 0.541. The van der Waals surface area contributed by atoms with Crippen molar-refractivity contribution in [2.24, 2.45) is 17.8 Å². The molecule has 0 nitrogen and oxygen atoms in total. The monoisotopic (exact) mass is 166 g/mol. The molecule has 3 atom stereocenters. The molecule has 1 rings (SSSR count). The maximum Gasteiger partial charge on any atom is -0.0234 e. The summed E-state index contributed by atoms with van der Waals surface area (Å²) in [5.41, 5.74) is 1.43. The first kappa shape index (κ1) is 9.83. The van der Waals surface area contributed by atoms with Gasteiger partial charge >= 0.3 is 0 Å². The number of hydrogen-bond donors (Lipinski definition) is 0. The molecule has 0 aromatic heterocycles. The molecule has 0 heteroatoms. The van der Waals surface area contributed by atoms with Crippen molar-refractivity contribution in [3.8, 4) is 0 Å². The van der Waals surface area contributed by atoms with E-state index in [0.717, 1.165) is 24.2 Å². The third-order valence-electron chi connectivity index (χ3n) is 3.40. The van der Waals surface area contributed by atoms with Crippen LogP contribution in [-0.4, -0.2) is 0 Å². The van der Waals surface area contributed by atoms with Crippen LogP contribution in [0.5, 0.6) is 0 Å². The Morgan fingerprint density at radius 2 is 2.17 bits per heavy atom. The predicted molar refractivity (Wildman–Crippen MR) is 55.1 cm³/mol. The van der Waals surface area contributed by atoms with Crippen LogP contribution < -0.4 is 0 Å². The number of rotatable bonds is 5. The molecule has 0 heterocycles. The van der Waals surface area contributed by atoms with Gasteiger partial charge in [0.15, 0.2) is 0 Å². The van der Waals surface area contributed by atoms with E-state index in [4.69, 9.17) is 0 Å². The van der Waals surface area contributed by atoms with Gasteiger partial charge in [0.2, 0.25) is 0 Å². The second-order valence-electron chi connectivity index (χ2n) is 4.46. The summed E-state index contributed by atoms with van der Waals surface area (Å²) in [6.45, 7) is 11.0. The van der Waals surface area contributed by atoms with Crippen molar-refractivity contribution in [3.63, 3.8) is 0 Å². The third-order valence-corrected chi connectivity index (χ3v) is 3.40. The first-order chi connectivity index (χ1) is 5.65. The summed E-state index contributed by atoms with van der Waals surface area (Å²) in [7, 11) is 0. The molecule has 1 aliphatic rings. The van der Waals surface area contributed by atoms with E-state index in [9.17, 15) is 0 Å². The maximum absolute atomic E-state index is 4.09. The lowest BCUT2D eigenvalue weighted by atomic mass is 9.94. The predicted octanol–water partition coefficient (Wildman–Crippen LogP) is 4.02. The van der Waals surface area contributed by atoms with Crippen LogP contribution in [0.15, 0.2) is 12.2 Å². The van der Waals surface area contributed by atoms with Crippen LogP contribution in [0.4, 0.5) is 0 Å². The number of allylic oxidation sites excluding steroid dienone is 1. The van der Waals surface area contributed by atoms with Gasteiger partial charge in [-0.15, -0.1) is 0 Å². The van der Waals surface area contributed by atoms with Crippen molar-refractivity contribution in [1.29, 1.82) is 0 Å². The van der Waals surface area contributed by atoms with Gasteiger partial charge in [-0.2, -0.15) is 0 Å². The van der Waals surface area contributed by atoms with E-state index in [-0.39, 0.29) is 0 Å². The molecule has 0 bridgehead atoms. The average molecular weight is 166 g/mol. The highest BCUT2D eigenvalue weighted by Crippen LogP contribution is 2.42. The third kappa shape index (κ3) is 2.66. The summed E-state index contributed by atoms with van der Waals surface area (Å²) in [5.74, 6) is 2.83. The molecule has 3 unspecified atom stereocenters. The minimum Gasteiger partial charge on any atom is -0.0996 e. The molecule has 0 radical (unpaired) electrons. The zero-order valence-corrected chi connectivity index (χ0v) is 8.77. The summed E-state index contributed by atoms with van der Waals surface area (Å²) in [6.07, 6.45) is 5.43. The van der Waals surface area contributed by atoms with Gasteiger partial charge < -0.3 is 0 Å². The summed E-state index contributed by atoms with van der Waals surface area (Å²) in [4.78, 5) is 0. The van der Waals surface area contributed by atoms with E-state index < -0.39 is 0 Å². The summed E-state index contributed by atoms with van der Waals surface area (Å²) >= 11 is 0. The van der Waals surface area contributed by atoms with Gasteiger partial charge in [-0.1, -0.05) is 32.9 Å². The van der Waals surface area contributed by atoms with Crippen molar-refractivity contribution in [2.45, 2.75) is 46.5 Å². The Morgan fingerprint density at radius 3 is 2.58 bits per heavy atom. The number of hydrogen-bond acceptors (Lipinski definition) is 0. The highest BCUT2D eigenvalue weighted by Gasteiger charge is 2.31. The fourth-order valence-electron chi connectivity index (χ4n) is 1.82. The summed E-state index contributed by atoms with van der Waals surface area (Å²) in [6, 6.07) is 0. The van der Waals surface area contributed by atoms with Crippen LogP contribution in [0.3, 0.4) is 0 Å². The Balaban J connectivity index is 2.10.